The molecule has 0 amide bonds. The van der Waals surface area contributed by atoms with E-state index >= 15 is 0 Å². The van der Waals surface area contributed by atoms with Crippen LogP contribution in [0.3, 0.4) is 0 Å². The molecule has 0 saturated heterocycles. The highest BCUT2D eigenvalue weighted by Gasteiger charge is 2.24. The molecule has 0 atom stereocenters. The first-order chi connectivity index (χ1) is 28.5. The smallest absolute Gasteiger partial charge is 0.149 e. The minimum absolute atomic E-state index is 0.141. The molecule has 1 N–H and O–H groups in total. The van der Waals surface area contributed by atoms with Gasteiger partial charge in [0, 0.05) is 24.4 Å². The predicted molar refractivity (Wildman–Crippen MR) is 249 cm³/mol. The highest BCUT2D eigenvalue weighted by molar-refractivity contribution is 5.97. The second-order valence-corrected chi connectivity index (χ2v) is 17.8. The molecule has 0 radical (unpaired) electrons. The third kappa shape index (κ3) is 7.97. The minimum atomic E-state index is -0.658. The first-order valence-corrected chi connectivity index (χ1v) is 20.8. The normalized spacial score (nSPS) is 12.3. The second-order valence-electron chi connectivity index (χ2n) is 17.8. The van der Waals surface area contributed by atoms with Crippen molar-refractivity contribution in [3.8, 4) is 67.5 Å². The van der Waals surface area contributed by atoms with E-state index in [0.29, 0.717) is 17.3 Å². The molecule has 2 heterocycles. The van der Waals surface area contributed by atoms with Crippen LogP contribution < -0.4 is 0 Å². The van der Waals surface area contributed by atoms with Crippen molar-refractivity contribution in [3.63, 3.8) is 0 Å². The predicted octanol–water partition coefficient (Wildman–Crippen LogP) is 14.7. The highest BCUT2D eigenvalue weighted by atomic mass is 16.3. The Hall–Kier alpha value is -6.26. The van der Waals surface area contributed by atoms with Gasteiger partial charge < -0.3 is 5.11 Å². The standard InChI is InChI=1S/C55H55N3O/c1-34(2)26-42-32-46(22-23-47(42)40-14-11-10-12-15-40)58-51-17-13-16-48(52(51)57-54(58)49-28-36(5)27-37(6)53(49)59)43-29-44(31-45(30-43)55(7,8)9)50-33-41(24-25-56-50)39-20-18-38(19-21-39)35(3)4/h10-25,27-35,59H,26H2,1-9H3/i35D. The van der Waals surface area contributed by atoms with Crippen molar-refractivity contribution < 1.29 is 6.48 Å². The number of hydrogen-bond donors (Lipinski definition) is 1. The van der Waals surface area contributed by atoms with Crippen LogP contribution in [-0.4, -0.2) is 19.6 Å². The summed E-state index contributed by atoms with van der Waals surface area (Å²) in [6.07, 6.45) is 2.81. The Morgan fingerprint density at radius 2 is 1.41 bits per heavy atom. The molecule has 0 spiro atoms. The van der Waals surface area contributed by atoms with Crippen molar-refractivity contribution in [1.29, 1.82) is 0 Å². The lowest BCUT2D eigenvalue weighted by Crippen LogP contribution is -2.11. The van der Waals surface area contributed by atoms with Gasteiger partial charge in [0.05, 0.1) is 22.3 Å². The molecule has 0 fully saturated rings. The Morgan fingerprint density at radius 1 is 0.661 bits per heavy atom. The Balaban J connectivity index is 1.34. The maximum absolute atomic E-state index is 11.7. The lowest BCUT2D eigenvalue weighted by molar-refractivity contribution is 0.472. The number of fused-ring (bicyclic) bond motifs is 1. The number of nitrogens with zero attached hydrogens (tertiary/aromatic N) is 3. The molecule has 0 aliphatic heterocycles. The van der Waals surface area contributed by atoms with Gasteiger partial charge in [-0.2, -0.15) is 0 Å². The van der Waals surface area contributed by atoms with Gasteiger partial charge in [-0.1, -0.05) is 133 Å². The fraction of sp³-hybridized carbons (Fsp3) is 0.236. The van der Waals surface area contributed by atoms with Crippen LogP contribution in [0.4, 0.5) is 0 Å². The van der Waals surface area contributed by atoms with Gasteiger partial charge in [0.25, 0.3) is 0 Å². The van der Waals surface area contributed by atoms with Crippen LogP contribution in [0.15, 0.2) is 140 Å². The van der Waals surface area contributed by atoms with Crippen LogP contribution in [0.25, 0.3) is 72.7 Å². The molecule has 4 heteroatoms. The molecule has 296 valence electrons. The summed E-state index contributed by atoms with van der Waals surface area (Å²) >= 11 is 0. The molecule has 2 aromatic heterocycles. The zero-order chi connectivity index (χ0) is 42.5. The Bertz CT molecular complexity index is 2860. The van der Waals surface area contributed by atoms with E-state index in [2.05, 4.69) is 167 Å². The van der Waals surface area contributed by atoms with Gasteiger partial charge in [0.1, 0.15) is 11.6 Å². The molecule has 0 aliphatic rings. The Kier molecular flexibility index (Phi) is 10.3. The summed E-state index contributed by atoms with van der Waals surface area (Å²) in [4.78, 5) is 10.4. The van der Waals surface area contributed by atoms with Crippen molar-refractivity contribution in [3.05, 3.63) is 167 Å². The van der Waals surface area contributed by atoms with Gasteiger partial charge in [-0.25, -0.2) is 4.98 Å². The number of phenolic OH excluding ortho intramolecular Hbond substituents is 1. The number of pyridine rings is 1. The van der Waals surface area contributed by atoms with Gasteiger partial charge in [-0.3, -0.25) is 9.55 Å². The molecule has 0 unspecified atom stereocenters. The Labute approximate surface area is 351 Å². The van der Waals surface area contributed by atoms with Crippen molar-refractivity contribution in [2.24, 2.45) is 5.92 Å². The molecule has 0 saturated carbocycles. The molecule has 8 aromatic rings. The van der Waals surface area contributed by atoms with E-state index < -0.39 is 5.89 Å². The van der Waals surface area contributed by atoms with Crippen LogP contribution in [0, 0.1) is 19.8 Å². The van der Waals surface area contributed by atoms with Crippen molar-refractivity contribution in [1.82, 2.24) is 14.5 Å². The monoisotopic (exact) mass is 774 g/mol. The lowest BCUT2D eigenvalue weighted by atomic mass is 9.83. The average Bonchev–Trinajstić information content (AvgIpc) is 3.61. The maximum Gasteiger partial charge on any atom is 0.149 e. The number of hydrogen-bond acceptors (Lipinski definition) is 3. The van der Waals surface area contributed by atoms with Crippen LogP contribution in [0.1, 0.15) is 83.5 Å². The maximum atomic E-state index is 11.7. The summed E-state index contributed by atoms with van der Waals surface area (Å²) in [5.74, 6) is 0.737. The molecular weight excluding hydrogens is 719 g/mol. The van der Waals surface area contributed by atoms with Crippen molar-refractivity contribution in [2.45, 2.75) is 80.0 Å². The molecule has 0 aliphatic carbocycles. The SMILES string of the molecule is [2H]C(C)(C)c1ccc(-c2ccnc(-c3cc(-c4cccc5c4nc(-c4cc(C)cc(C)c4O)n5-c4ccc(-c5ccccc5)c(CC(C)C)c4)cc(C(C)(C)C)c3)c2)cc1. The van der Waals surface area contributed by atoms with E-state index in [1.165, 1.54) is 22.3 Å². The van der Waals surface area contributed by atoms with E-state index in [4.69, 9.17) is 11.3 Å². The van der Waals surface area contributed by atoms with Gasteiger partial charge in [-0.05, 0) is 142 Å². The fourth-order valence-electron chi connectivity index (χ4n) is 8.26. The summed E-state index contributed by atoms with van der Waals surface area (Å²) in [6, 6.07) is 47.2. The minimum Gasteiger partial charge on any atom is -0.507 e. The lowest BCUT2D eigenvalue weighted by Gasteiger charge is -2.22. The summed E-state index contributed by atoms with van der Waals surface area (Å²) in [5.41, 5.74) is 17.3. The zero-order valence-corrected chi connectivity index (χ0v) is 35.9. The van der Waals surface area contributed by atoms with Gasteiger partial charge in [0.2, 0.25) is 0 Å². The number of benzene rings is 6. The quantitative estimate of drug-likeness (QED) is 0.159. The molecule has 8 rings (SSSR count). The molecular formula is C55H55N3O. The number of aryl methyl sites for hydroxylation is 2. The molecule has 6 aromatic carbocycles. The largest absolute Gasteiger partial charge is 0.507 e. The Morgan fingerprint density at radius 3 is 2.12 bits per heavy atom. The molecule has 59 heavy (non-hydrogen) atoms. The van der Waals surface area contributed by atoms with Crippen LogP contribution >= 0.6 is 0 Å². The van der Waals surface area contributed by atoms with E-state index in [1.807, 2.05) is 39.1 Å². The first-order valence-electron chi connectivity index (χ1n) is 21.3. The van der Waals surface area contributed by atoms with Crippen LogP contribution in [0.5, 0.6) is 5.75 Å². The number of imidazole rings is 1. The summed E-state index contributed by atoms with van der Waals surface area (Å²) in [5, 5.41) is 11.7. The van der Waals surface area contributed by atoms with Gasteiger partial charge in [-0.15, -0.1) is 0 Å². The third-order valence-electron chi connectivity index (χ3n) is 11.4. The van der Waals surface area contributed by atoms with Gasteiger partial charge >= 0.3 is 0 Å². The van der Waals surface area contributed by atoms with Crippen molar-refractivity contribution >= 4 is 11.0 Å². The first kappa shape index (κ1) is 38.3. The third-order valence-corrected chi connectivity index (χ3v) is 11.4. The summed E-state index contributed by atoms with van der Waals surface area (Å²) in [6.45, 7) is 19.1. The summed E-state index contributed by atoms with van der Waals surface area (Å²) < 4.78 is 10.7. The van der Waals surface area contributed by atoms with Gasteiger partial charge in [0.15, 0.2) is 0 Å². The van der Waals surface area contributed by atoms with Crippen LogP contribution in [-0.2, 0) is 11.8 Å². The zero-order valence-electron chi connectivity index (χ0n) is 36.9. The number of aromatic hydroxyl groups is 1. The second kappa shape index (κ2) is 15.8. The summed E-state index contributed by atoms with van der Waals surface area (Å²) in [7, 11) is 0. The average molecular weight is 775 g/mol. The topological polar surface area (TPSA) is 50.9 Å². The number of para-hydroxylation sites is 1. The molecule has 0 bridgehead atoms. The fourth-order valence-corrected chi connectivity index (χ4v) is 8.26. The number of phenols is 1. The van der Waals surface area contributed by atoms with E-state index in [9.17, 15) is 5.11 Å². The van der Waals surface area contributed by atoms with Crippen molar-refractivity contribution in [2.75, 3.05) is 0 Å². The number of aromatic nitrogens is 3. The van der Waals surface area contributed by atoms with E-state index in [1.54, 1.807) is 0 Å². The molecule has 4 nitrogen and oxygen atoms in total. The van der Waals surface area contributed by atoms with Crippen LogP contribution in [0.2, 0.25) is 0 Å². The highest BCUT2D eigenvalue weighted by Crippen LogP contribution is 2.42. The van der Waals surface area contributed by atoms with E-state index in [0.717, 1.165) is 73.3 Å². The van der Waals surface area contributed by atoms with E-state index in [-0.39, 0.29) is 11.2 Å². The number of rotatable bonds is 9.